The van der Waals surface area contributed by atoms with Gasteiger partial charge in [0.05, 0.1) is 20.2 Å². The van der Waals surface area contributed by atoms with Crippen LogP contribution in [0.3, 0.4) is 0 Å². The molecular formula is C12H19N3O3. The highest BCUT2D eigenvalue weighted by Crippen LogP contribution is 2.38. The lowest BCUT2D eigenvalue weighted by Crippen LogP contribution is -2.31. The molecule has 0 aliphatic heterocycles. The number of carbonyl (C=O) groups is 1. The highest BCUT2D eigenvalue weighted by molar-refractivity contribution is 5.71. The number of ether oxygens (including phenoxy) is 1. The average Bonchev–Trinajstić information content (AvgIpc) is 3.11. The van der Waals surface area contributed by atoms with Crippen molar-refractivity contribution in [1.29, 1.82) is 0 Å². The summed E-state index contributed by atoms with van der Waals surface area (Å²) >= 11 is 0. The van der Waals surface area contributed by atoms with E-state index in [-0.39, 0.29) is 12.5 Å². The van der Waals surface area contributed by atoms with Crippen LogP contribution in [-0.2, 0) is 16.1 Å². The Morgan fingerprint density at radius 3 is 2.94 bits per heavy atom. The maximum Gasteiger partial charge on any atom is 0.319 e. The lowest BCUT2D eigenvalue weighted by Gasteiger charge is -2.17. The van der Waals surface area contributed by atoms with E-state index in [1.807, 2.05) is 4.90 Å². The van der Waals surface area contributed by atoms with Crippen LogP contribution in [0, 0.1) is 0 Å². The number of rotatable bonds is 7. The molecule has 0 atom stereocenters. The second kappa shape index (κ2) is 5.95. The van der Waals surface area contributed by atoms with Crippen LogP contribution in [0.25, 0.3) is 0 Å². The Bertz CT molecular complexity index is 401. The fourth-order valence-electron chi connectivity index (χ4n) is 1.81. The van der Waals surface area contributed by atoms with Gasteiger partial charge in [0.2, 0.25) is 5.89 Å². The molecule has 1 aromatic rings. The summed E-state index contributed by atoms with van der Waals surface area (Å²) in [7, 11) is 1.39. The summed E-state index contributed by atoms with van der Waals surface area (Å²) in [5, 5.41) is 3.96. The SMILES string of the molecule is CCCN(CC(=O)OC)Cc1nc(C2CC2)no1. The maximum absolute atomic E-state index is 11.3. The van der Waals surface area contributed by atoms with Gasteiger partial charge in [0, 0.05) is 5.92 Å². The molecule has 18 heavy (non-hydrogen) atoms. The number of hydrogen-bond donors (Lipinski definition) is 0. The molecule has 0 radical (unpaired) electrons. The predicted molar refractivity (Wildman–Crippen MR) is 63.9 cm³/mol. The van der Waals surface area contributed by atoms with E-state index in [0.29, 0.717) is 18.4 Å². The molecule has 0 N–H and O–H groups in total. The fourth-order valence-corrected chi connectivity index (χ4v) is 1.81. The largest absolute Gasteiger partial charge is 0.468 e. The Kier molecular flexibility index (Phi) is 4.30. The third-order valence-corrected chi connectivity index (χ3v) is 2.91. The number of aromatic nitrogens is 2. The van der Waals surface area contributed by atoms with Gasteiger partial charge < -0.3 is 9.26 Å². The first-order valence-corrected chi connectivity index (χ1v) is 6.34. The van der Waals surface area contributed by atoms with E-state index in [9.17, 15) is 4.79 Å². The molecule has 0 aromatic carbocycles. The zero-order chi connectivity index (χ0) is 13.0. The molecule has 0 saturated heterocycles. The van der Waals surface area contributed by atoms with Gasteiger partial charge in [-0.05, 0) is 25.8 Å². The highest BCUT2D eigenvalue weighted by atomic mass is 16.5. The molecule has 0 spiro atoms. The van der Waals surface area contributed by atoms with Crippen LogP contribution in [0.5, 0.6) is 0 Å². The van der Waals surface area contributed by atoms with Crippen LogP contribution >= 0.6 is 0 Å². The molecule has 0 amide bonds. The third kappa shape index (κ3) is 3.53. The van der Waals surface area contributed by atoms with E-state index in [1.165, 1.54) is 7.11 Å². The quantitative estimate of drug-likeness (QED) is 0.683. The number of esters is 1. The first-order valence-electron chi connectivity index (χ1n) is 6.34. The van der Waals surface area contributed by atoms with Crippen LogP contribution in [0.15, 0.2) is 4.52 Å². The zero-order valence-corrected chi connectivity index (χ0v) is 10.9. The van der Waals surface area contributed by atoms with Gasteiger partial charge >= 0.3 is 5.97 Å². The minimum absolute atomic E-state index is 0.245. The van der Waals surface area contributed by atoms with Gasteiger partial charge in [-0.1, -0.05) is 12.1 Å². The average molecular weight is 253 g/mol. The van der Waals surface area contributed by atoms with E-state index in [1.54, 1.807) is 0 Å². The van der Waals surface area contributed by atoms with Crippen molar-refractivity contribution in [3.8, 4) is 0 Å². The molecule has 1 aliphatic rings. The molecule has 6 nitrogen and oxygen atoms in total. The van der Waals surface area contributed by atoms with Crippen LogP contribution in [0.2, 0.25) is 0 Å². The number of nitrogens with zero attached hydrogens (tertiary/aromatic N) is 3. The first kappa shape index (κ1) is 13.0. The normalized spacial score (nSPS) is 15.1. The van der Waals surface area contributed by atoms with E-state index < -0.39 is 0 Å². The second-order valence-corrected chi connectivity index (χ2v) is 4.61. The van der Waals surface area contributed by atoms with E-state index in [0.717, 1.165) is 31.6 Å². The van der Waals surface area contributed by atoms with Crippen molar-refractivity contribution in [2.45, 2.75) is 38.6 Å². The Morgan fingerprint density at radius 1 is 1.56 bits per heavy atom. The standard InChI is InChI=1S/C12H19N3O3/c1-3-6-15(8-11(16)17-2)7-10-13-12(14-18-10)9-4-5-9/h9H,3-8H2,1-2H3. The van der Waals surface area contributed by atoms with Crippen molar-refractivity contribution in [1.82, 2.24) is 15.0 Å². The van der Waals surface area contributed by atoms with Gasteiger partial charge in [-0.15, -0.1) is 0 Å². The predicted octanol–water partition coefficient (Wildman–Crippen LogP) is 1.33. The highest BCUT2D eigenvalue weighted by Gasteiger charge is 2.29. The fraction of sp³-hybridized carbons (Fsp3) is 0.750. The van der Waals surface area contributed by atoms with Gasteiger partial charge in [-0.25, -0.2) is 0 Å². The summed E-state index contributed by atoms with van der Waals surface area (Å²) in [6, 6.07) is 0. The van der Waals surface area contributed by atoms with E-state index in [2.05, 4.69) is 21.8 Å². The molecule has 1 saturated carbocycles. The molecule has 1 fully saturated rings. The minimum atomic E-state index is -0.245. The summed E-state index contributed by atoms with van der Waals surface area (Å²) in [5.41, 5.74) is 0. The molecule has 1 aliphatic carbocycles. The summed E-state index contributed by atoms with van der Waals surface area (Å²) in [5.74, 6) is 1.63. The van der Waals surface area contributed by atoms with Crippen molar-refractivity contribution in [2.24, 2.45) is 0 Å². The van der Waals surface area contributed by atoms with Crippen LogP contribution in [0.1, 0.15) is 43.8 Å². The van der Waals surface area contributed by atoms with Gasteiger partial charge in [0.25, 0.3) is 0 Å². The zero-order valence-electron chi connectivity index (χ0n) is 10.9. The summed E-state index contributed by atoms with van der Waals surface area (Å²) in [6.45, 7) is 3.62. The summed E-state index contributed by atoms with van der Waals surface area (Å²) in [4.78, 5) is 17.6. The van der Waals surface area contributed by atoms with Gasteiger partial charge in [0.15, 0.2) is 5.82 Å². The molecule has 0 bridgehead atoms. The van der Waals surface area contributed by atoms with E-state index in [4.69, 9.17) is 4.52 Å². The van der Waals surface area contributed by atoms with Gasteiger partial charge in [-0.2, -0.15) is 4.98 Å². The Morgan fingerprint density at radius 2 is 2.33 bits per heavy atom. The first-order chi connectivity index (χ1) is 8.72. The van der Waals surface area contributed by atoms with Crippen LogP contribution in [-0.4, -0.2) is 41.2 Å². The van der Waals surface area contributed by atoms with Gasteiger partial charge in [-0.3, -0.25) is 9.69 Å². The number of carbonyl (C=O) groups excluding carboxylic acids is 1. The molecule has 100 valence electrons. The van der Waals surface area contributed by atoms with Crippen molar-refractivity contribution in [3.05, 3.63) is 11.7 Å². The summed E-state index contributed by atoms with van der Waals surface area (Å²) in [6.07, 6.45) is 3.26. The topological polar surface area (TPSA) is 68.5 Å². The molecule has 0 unspecified atom stereocenters. The lowest BCUT2D eigenvalue weighted by molar-refractivity contribution is -0.142. The minimum Gasteiger partial charge on any atom is -0.468 e. The van der Waals surface area contributed by atoms with E-state index >= 15 is 0 Å². The Hall–Kier alpha value is -1.43. The van der Waals surface area contributed by atoms with Crippen molar-refractivity contribution >= 4 is 5.97 Å². The second-order valence-electron chi connectivity index (χ2n) is 4.61. The smallest absolute Gasteiger partial charge is 0.319 e. The van der Waals surface area contributed by atoms with Crippen LogP contribution < -0.4 is 0 Å². The van der Waals surface area contributed by atoms with Crippen molar-refractivity contribution < 1.29 is 14.1 Å². The van der Waals surface area contributed by atoms with Crippen molar-refractivity contribution in [3.63, 3.8) is 0 Å². The molecule has 6 heteroatoms. The van der Waals surface area contributed by atoms with Crippen LogP contribution in [0.4, 0.5) is 0 Å². The molecular weight excluding hydrogens is 234 g/mol. The summed E-state index contributed by atoms with van der Waals surface area (Å²) < 4.78 is 9.87. The molecule has 1 aromatic heterocycles. The monoisotopic (exact) mass is 253 g/mol. The number of methoxy groups -OCH3 is 1. The van der Waals surface area contributed by atoms with Gasteiger partial charge in [0.1, 0.15) is 0 Å². The molecule has 1 heterocycles. The lowest BCUT2D eigenvalue weighted by atomic mass is 10.4. The maximum atomic E-state index is 11.3. The molecule has 2 rings (SSSR count). The Balaban J connectivity index is 1.91. The van der Waals surface area contributed by atoms with Crippen molar-refractivity contribution in [2.75, 3.05) is 20.2 Å². The number of hydrogen-bond acceptors (Lipinski definition) is 6. The third-order valence-electron chi connectivity index (χ3n) is 2.91. The Labute approximate surface area is 106 Å².